The standard InChI is InChI=1S/C15H10BrF3N2/c1-9-3-2-4-13(14(9)16)21-11-5-6-12(15(17,18)19)10(7-11)8-20/h2-7,21H,1H3. The molecule has 0 saturated heterocycles. The van der Waals surface area contributed by atoms with Gasteiger partial charge in [0, 0.05) is 10.2 Å². The van der Waals surface area contributed by atoms with Gasteiger partial charge in [-0.15, -0.1) is 0 Å². The largest absolute Gasteiger partial charge is 0.417 e. The van der Waals surface area contributed by atoms with Crippen molar-refractivity contribution in [2.45, 2.75) is 13.1 Å². The maximum absolute atomic E-state index is 12.7. The van der Waals surface area contributed by atoms with Gasteiger partial charge in [-0.3, -0.25) is 0 Å². The van der Waals surface area contributed by atoms with Crippen molar-refractivity contribution in [3.8, 4) is 6.07 Å². The van der Waals surface area contributed by atoms with Crippen molar-refractivity contribution in [3.63, 3.8) is 0 Å². The zero-order valence-corrected chi connectivity index (χ0v) is 12.5. The van der Waals surface area contributed by atoms with Crippen molar-refractivity contribution in [1.82, 2.24) is 0 Å². The molecule has 0 saturated carbocycles. The van der Waals surface area contributed by atoms with E-state index in [1.165, 1.54) is 12.1 Å². The molecular formula is C15H10BrF3N2. The maximum Gasteiger partial charge on any atom is 0.417 e. The fourth-order valence-electron chi connectivity index (χ4n) is 1.86. The molecule has 2 nitrogen and oxygen atoms in total. The second-order valence-electron chi connectivity index (χ2n) is 4.43. The molecule has 0 fully saturated rings. The molecule has 0 bridgehead atoms. The number of nitrogens with one attached hydrogen (secondary N) is 1. The monoisotopic (exact) mass is 354 g/mol. The summed E-state index contributed by atoms with van der Waals surface area (Å²) >= 11 is 3.41. The third-order valence-corrected chi connectivity index (χ3v) is 3.97. The number of halogens is 4. The molecule has 0 spiro atoms. The Kier molecular flexibility index (Phi) is 4.24. The number of anilines is 2. The predicted molar refractivity (Wildman–Crippen MR) is 78.3 cm³/mol. The molecule has 0 unspecified atom stereocenters. The van der Waals surface area contributed by atoms with Crippen LogP contribution in [0.1, 0.15) is 16.7 Å². The normalized spacial score (nSPS) is 11.0. The molecule has 0 radical (unpaired) electrons. The van der Waals surface area contributed by atoms with Gasteiger partial charge < -0.3 is 5.32 Å². The Labute approximate surface area is 128 Å². The summed E-state index contributed by atoms with van der Waals surface area (Å²) in [5.41, 5.74) is 0.798. The van der Waals surface area contributed by atoms with Crippen molar-refractivity contribution in [2.24, 2.45) is 0 Å². The van der Waals surface area contributed by atoms with Gasteiger partial charge in [0.2, 0.25) is 0 Å². The fraction of sp³-hybridized carbons (Fsp3) is 0.133. The molecule has 0 aromatic heterocycles. The van der Waals surface area contributed by atoms with E-state index in [2.05, 4.69) is 21.2 Å². The minimum atomic E-state index is -4.53. The number of alkyl halides is 3. The van der Waals surface area contributed by atoms with Crippen LogP contribution >= 0.6 is 15.9 Å². The van der Waals surface area contributed by atoms with Gasteiger partial charge in [0.1, 0.15) is 0 Å². The van der Waals surface area contributed by atoms with Crippen LogP contribution in [-0.4, -0.2) is 0 Å². The van der Waals surface area contributed by atoms with Crippen LogP contribution in [0.2, 0.25) is 0 Å². The molecule has 21 heavy (non-hydrogen) atoms. The Hall–Kier alpha value is -2.00. The lowest BCUT2D eigenvalue weighted by molar-refractivity contribution is -0.137. The molecule has 0 aliphatic heterocycles. The van der Waals surface area contributed by atoms with E-state index in [0.717, 1.165) is 21.8 Å². The average Bonchev–Trinajstić information content (AvgIpc) is 2.42. The maximum atomic E-state index is 12.7. The van der Waals surface area contributed by atoms with Gasteiger partial charge in [0.15, 0.2) is 0 Å². The van der Waals surface area contributed by atoms with E-state index in [4.69, 9.17) is 5.26 Å². The van der Waals surface area contributed by atoms with Crippen molar-refractivity contribution >= 4 is 27.3 Å². The molecular weight excluding hydrogens is 345 g/mol. The van der Waals surface area contributed by atoms with Crippen LogP contribution in [0.15, 0.2) is 40.9 Å². The zero-order valence-electron chi connectivity index (χ0n) is 10.9. The van der Waals surface area contributed by atoms with Crippen LogP contribution in [0.25, 0.3) is 0 Å². The summed E-state index contributed by atoms with van der Waals surface area (Å²) in [5.74, 6) is 0. The van der Waals surface area contributed by atoms with Crippen molar-refractivity contribution in [2.75, 3.05) is 5.32 Å². The van der Waals surface area contributed by atoms with Gasteiger partial charge in [-0.2, -0.15) is 18.4 Å². The van der Waals surface area contributed by atoms with Gasteiger partial charge in [-0.25, -0.2) is 0 Å². The number of nitriles is 1. The van der Waals surface area contributed by atoms with Gasteiger partial charge in [-0.05, 0) is 52.7 Å². The summed E-state index contributed by atoms with van der Waals surface area (Å²) in [7, 11) is 0. The second-order valence-corrected chi connectivity index (χ2v) is 5.22. The van der Waals surface area contributed by atoms with Gasteiger partial charge in [-0.1, -0.05) is 12.1 Å². The summed E-state index contributed by atoms with van der Waals surface area (Å²) in [5, 5.41) is 11.9. The smallest absolute Gasteiger partial charge is 0.355 e. The average molecular weight is 355 g/mol. The molecule has 2 aromatic carbocycles. The Balaban J connectivity index is 2.39. The summed E-state index contributed by atoms with van der Waals surface area (Å²) in [6, 6.07) is 10.5. The molecule has 2 rings (SSSR count). The van der Waals surface area contributed by atoms with E-state index in [9.17, 15) is 13.2 Å². The van der Waals surface area contributed by atoms with E-state index >= 15 is 0 Å². The lowest BCUT2D eigenvalue weighted by atomic mass is 10.1. The highest BCUT2D eigenvalue weighted by Gasteiger charge is 2.33. The number of aryl methyl sites for hydroxylation is 1. The molecule has 108 valence electrons. The first-order valence-electron chi connectivity index (χ1n) is 5.96. The summed E-state index contributed by atoms with van der Waals surface area (Å²) in [6.45, 7) is 1.91. The quantitative estimate of drug-likeness (QED) is 0.784. The zero-order chi connectivity index (χ0) is 15.6. The second kappa shape index (κ2) is 5.78. The molecule has 2 aromatic rings. The minimum Gasteiger partial charge on any atom is -0.355 e. The molecule has 0 aliphatic carbocycles. The van der Waals surface area contributed by atoms with Crippen LogP contribution in [0, 0.1) is 18.3 Å². The predicted octanol–water partition coefficient (Wildman–Crippen LogP) is 5.39. The lowest BCUT2D eigenvalue weighted by Gasteiger charge is -2.13. The Bertz CT molecular complexity index is 718. The Morgan fingerprint density at radius 1 is 1.19 bits per heavy atom. The number of hydrogen-bond donors (Lipinski definition) is 1. The van der Waals surface area contributed by atoms with E-state index in [0.29, 0.717) is 5.69 Å². The topological polar surface area (TPSA) is 35.8 Å². The number of benzene rings is 2. The SMILES string of the molecule is Cc1cccc(Nc2ccc(C(F)(F)F)c(C#N)c2)c1Br. The number of rotatable bonds is 2. The highest BCUT2D eigenvalue weighted by Crippen LogP contribution is 2.34. The van der Waals surface area contributed by atoms with Crippen LogP contribution in [0.3, 0.4) is 0 Å². The highest BCUT2D eigenvalue weighted by atomic mass is 79.9. The van der Waals surface area contributed by atoms with Gasteiger partial charge in [0.25, 0.3) is 0 Å². The summed E-state index contributed by atoms with van der Waals surface area (Å²) in [4.78, 5) is 0. The third kappa shape index (κ3) is 3.37. The molecule has 0 atom stereocenters. The van der Waals surface area contributed by atoms with Crippen molar-refractivity contribution in [3.05, 3.63) is 57.6 Å². The van der Waals surface area contributed by atoms with Crippen LogP contribution in [0.4, 0.5) is 24.5 Å². The third-order valence-electron chi connectivity index (χ3n) is 2.92. The van der Waals surface area contributed by atoms with Crippen molar-refractivity contribution in [1.29, 1.82) is 5.26 Å². The number of hydrogen-bond acceptors (Lipinski definition) is 2. The lowest BCUT2D eigenvalue weighted by Crippen LogP contribution is -2.08. The minimum absolute atomic E-state index is 0.406. The molecule has 0 amide bonds. The molecule has 1 N–H and O–H groups in total. The first kappa shape index (κ1) is 15.4. The summed E-state index contributed by atoms with van der Waals surface area (Å²) in [6.07, 6.45) is -4.53. The fourth-order valence-corrected chi connectivity index (χ4v) is 2.22. The van der Waals surface area contributed by atoms with Crippen LogP contribution in [-0.2, 0) is 6.18 Å². The van der Waals surface area contributed by atoms with Gasteiger partial charge in [0.05, 0.1) is 22.9 Å². The number of nitrogens with zero attached hydrogens (tertiary/aromatic N) is 1. The first-order chi connectivity index (χ1) is 9.82. The van der Waals surface area contributed by atoms with Gasteiger partial charge >= 0.3 is 6.18 Å². The highest BCUT2D eigenvalue weighted by molar-refractivity contribution is 9.10. The summed E-state index contributed by atoms with van der Waals surface area (Å²) < 4.78 is 39.0. The van der Waals surface area contributed by atoms with E-state index in [-0.39, 0.29) is 0 Å². The first-order valence-corrected chi connectivity index (χ1v) is 6.75. The van der Waals surface area contributed by atoms with E-state index < -0.39 is 17.3 Å². The Morgan fingerprint density at radius 2 is 1.90 bits per heavy atom. The van der Waals surface area contributed by atoms with Crippen molar-refractivity contribution < 1.29 is 13.2 Å². The van der Waals surface area contributed by atoms with Crippen LogP contribution < -0.4 is 5.32 Å². The molecule has 6 heteroatoms. The molecule has 0 heterocycles. The van der Waals surface area contributed by atoms with E-state index in [1.807, 2.05) is 19.1 Å². The van der Waals surface area contributed by atoms with E-state index in [1.54, 1.807) is 12.1 Å². The van der Waals surface area contributed by atoms with Crippen LogP contribution in [0.5, 0.6) is 0 Å². The Morgan fingerprint density at radius 3 is 2.52 bits per heavy atom. The molecule has 0 aliphatic rings.